The number of carbonyl (C=O) groups is 2. The van der Waals surface area contributed by atoms with Crippen molar-refractivity contribution in [3.63, 3.8) is 0 Å². The fraction of sp³-hybridized carbons (Fsp3) is 0.714. The number of carbonyl (C=O) groups excluding carboxylic acids is 1. The number of ether oxygens (including phenoxy) is 1. The Morgan fingerprint density at radius 3 is 2.55 bits per heavy atom. The summed E-state index contributed by atoms with van der Waals surface area (Å²) in [4.78, 5) is 22.4. The van der Waals surface area contributed by atoms with Crippen LogP contribution in [0.25, 0.3) is 0 Å². The molecule has 6 nitrogen and oxygen atoms in total. The molecule has 1 aliphatic carbocycles. The van der Waals surface area contributed by atoms with Crippen molar-refractivity contribution in [2.75, 3.05) is 0 Å². The molecule has 3 atom stereocenters. The van der Waals surface area contributed by atoms with Gasteiger partial charge in [0.1, 0.15) is 0 Å². The average molecular weight is 284 g/mol. The first-order chi connectivity index (χ1) is 9.38. The Kier molecular flexibility index (Phi) is 6.16. The summed E-state index contributed by atoms with van der Waals surface area (Å²) in [5.41, 5.74) is 6.25. The zero-order valence-corrected chi connectivity index (χ0v) is 12.3. The summed E-state index contributed by atoms with van der Waals surface area (Å²) in [6.45, 7) is 5.43. The van der Waals surface area contributed by atoms with Gasteiger partial charge in [-0.25, -0.2) is 4.79 Å². The molecule has 20 heavy (non-hydrogen) atoms. The van der Waals surface area contributed by atoms with Crippen molar-refractivity contribution >= 4 is 11.9 Å². The molecular weight excluding hydrogens is 260 g/mol. The molecule has 4 N–H and O–H groups in total. The van der Waals surface area contributed by atoms with Crippen LogP contribution in [-0.2, 0) is 14.3 Å². The van der Waals surface area contributed by atoms with Gasteiger partial charge in [-0.05, 0) is 25.3 Å². The van der Waals surface area contributed by atoms with Crippen LogP contribution in [0.3, 0.4) is 0 Å². The highest BCUT2D eigenvalue weighted by molar-refractivity contribution is 5.87. The van der Waals surface area contributed by atoms with Crippen LogP contribution >= 0.6 is 0 Å². The van der Waals surface area contributed by atoms with Crippen molar-refractivity contribution in [2.45, 2.75) is 64.3 Å². The van der Waals surface area contributed by atoms with E-state index in [0.29, 0.717) is 0 Å². The summed E-state index contributed by atoms with van der Waals surface area (Å²) < 4.78 is 5.92. The number of rotatable bonds is 6. The molecule has 0 radical (unpaired) electrons. The molecule has 0 bridgehead atoms. The highest BCUT2D eigenvalue weighted by Gasteiger charge is 2.35. The quantitative estimate of drug-likeness (QED) is 0.670. The van der Waals surface area contributed by atoms with E-state index >= 15 is 0 Å². The number of carboxylic acid groups (broad SMARTS) is 1. The van der Waals surface area contributed by atoms with Crippen molar-refractivity contribution < 1.29 is 19.4 Å². The second-order valence-corrected chi connectivity index (χ2v) is 5.13. The van der Waals surface area contributed by atoms with E-state index in [1.54, 1.807) is 6.08 Å². The first kappa shape index (κ1) is 16.7. The molecule has 0 aromatic heterocycles. The molecular formula is C14H24N2O4. The summed E-state index contributed by atoms with van der Waals surface area (Å²) in [6.07, 6.45) is 2.97. The monoisotopic (exact) mass is 284 g/mol. The molecule has 0 aromatic rings. The van der Waals surface area contributed by atoms with E-state index in [4.69, 9.17) is 15.6 Å². The Bertz CT molecular complexity index is 391. The lowest BCUT2D eigenvalue weighted by Gasteiger charge is -2.36. The third kappa shape index (κ3) is 4.31. The summed E-state index contributed by atoms with van der Waals surface area (Å²) >= 11 is 0. The molecule has 0 saturated heterocycles. The second-order valence-electron chi connectivity index (χ2n) is 5.13. The molecule has 114 valence electrons. The lowest BCUT2D eigenvalue weighted by Crippen LogP contribution is -2.57. The SMILES string of the molecule is CCC(CC)O[C@H]1C=C(C(=O)O)CC(N)C1NC(C)=O. The maximum Gasteiger partial charge on any atom is 0.331 e. The minimum Gasteiger partial charge on any atom is -0.478 e. The molecule has 0 aromatic carbocycles. The summed E-state index contributed by atoms with van der Waals surface area (Å²) in [5, 5.41) is 11.9. The van der Waals surface area contributed by atoms with Crippen molar-refractivity contribution in [1.82, 2.24) is 5.32 Å². The van der Waals surface area contributed by atoms with Gasteiger partial charge in [-0.1, -0.05) is 13.8 Å². The highest BCUT2D eigenvalue weighted by atomic mass is 16.5. The smallest absolute Gasteiger partial charge is 0.331 e. The predicted molar refractivity (Wildman–Crippen MR) is 75.2 cm³/mol. The Morgan fingerprint density at radius 2 is 2.10 bits per heavy atom. The maximum absolute atomic E-state index is 11.3. The molecule has 1 amide bonds. The van der Waals surface area contributed by atoms with Crippen molar-refractivity contribution in [3.8, 4) is 0 Å². The van der Waals surface area contributed by atoms with Crippen molar-refractivity contribution in [3.05, 3.63) is 11.6 Å². The summed E-state index contributed by atoms with van der Waals surface area (Å²) in [7, 11) is 0. The summed E-state index contributed by atoms with van der Waals surface area (Å²) in [6, 6.07) is -0.856. The largest absolute Gasteiger partial charge is 0.478 e. The van der Waals surface area contributed by atoms with Crippen LogP contribution in [0.5, 0.6) is 0 Å². The fourth-order valence-corrected chi connectivity index (χ4v) is 2.40. The normalized spacial score (nSPS) is 26.2. The van der Waals surface area contributed by atoms with Gasteiger partial charge in [0.25, 0.3) is 0 Å². The molecule has 1 aliphatic rings. The van der Waals surface area contributed by atoms with Gasteiger partial charge < -0.3 is 20.9 Å². The lowest BCUT2D eigenvalue weighted by atomic mass is 9.88. The minimum absolute atomic E-state index is 0.0212. The summed E-state index contributed by atoms with van der Waals surface area (Å²) in [5.74, 6) is -1.18. The van der Waals surface area contributed by atoms with Crippen LogP contribution in [0.2, 0.25) is 0 Å². The van der Waals surface area contributed by atoms with Crippen LogP contribution in [-0.4, -0.2) is 41.3 Å². The van der Waals surface area contributed by atoms with E-state index in [0.717, 1.165) is 12.8 Å². The van der Waals surface area contributed by atoms with Gasteiger partial charge in [0.2, 0.25) is 5.91 Å². The third-order valence-corrected chi connectivity index (χ3v) is 3.54. The van der Waals surface area contributed by atoms with E-state index in [-0.39, 0.29) is 24.0 Å². The van der Waals surface area contributed by atoms with Crippen LogP contribution in [0, 0.1) is 0 Å². The second kappa shape index (κ2) is 7.40. The number of hydrogen-bond acceptors (Lipinski definition) is 4. The fourth-order valence-electron chi connectivity index (χ4n) is 2.40. The van der Waals surface area contributed by atoms with E-state index < -0.39 is 24.2 Å². The molecule has 0 heterocycles. The van der Waals surface area contributed by atoms with Gasteiger partial charge in [0.15, 0.2) is 0 Å². The lowest BCUT2D eigenvalue weighted by molar-refractivity contribution is -0.133. The molecule has 0 spiro atoms. The van der Waals surface area contributed by atoms with E-state index in [1.807, 2.05) is 13.8 Å². The van der Waals surface area contributed by atoms with Crippen molar-refractivity contribution in [2.24, 2.45) is 5.73 Å². The predicted octanol–water partition coefficient (Wildman–Crippen LogP) is 0.807. The Balaban J connectivity index is 2.96. The standard InChI is InChI=1S/C14H24N2O4/c1-4-10(5-2)20-12-7-9(14(18)19)6-11(15)13(12)16-8(3)17/h7,10-13H,4-6,15H2,1-3H3,(H,16,17)(H,18,19)/t11?,12-,13?/m0/s1. The number of amides is 1. The number of nitrogens with two attached hydrogens (primary N) is 1. The Hall–Kier alpha value is -1.40. The minimum atomic E-state index is -0.986. The van der Waals surface area contributed by atoms with Crippen molar-refractivity contribution in [1.29, 1.82) is 0 Å². The van der Waals surface area contributed by atoms with Gasteiger partial charge in [0.05, 0.1) is 18.2 Å². The molecule has 1 rings (SSSR count). The maximum atomic E-state index is 11.3. The van der Waals surface area contributed by atoms with Gasteiger partial charge >= 0.3 is 5.97 Å². The van der Waals surface area contributed by atoms with Crippen LogP contribution < -0.4 is 11.1 Å². The number of aliphatic carboxylic acids is 1. The molecule has 0 fully saturated rings. The average Bonchev–Trinajstić information content (AvgIpc) is 2.38. The number of nitrogens with one attached hydrogen (secondary N) is 1. The first-order valence-corrected chi connectivity index (χ1v) is 7.01. The van der Waals surface area contributed by atoms with Gasteiger partial charge in [-0.2, -0.15) is 0 Å². The Morgan fingerprint density at radius 1 is 1.50 bits per heavy atom. The molecule has 2 unspecified atom stereocenters. The molecule has 6 heteroatoms. The Labute approximate surface area is 119 Å². The van der Waals surface area contributed by atoms with Gasteiger partial charge in [-0.15, -0.1) is 0 Å². The van der Waals surface area contributed by atoms with Crippen LogP contribution in [0.1, 0.15) is 40.0 Å². The van der Waals surface area contributed by atoms with Crippen LogP contribution in [0.4, 0.5) is 0 Å². The topological polar surface area (TPSA) is 102 Å². The van der Waals surface area contributed by atoms with Gasteiger partial charge in [0, 0.05) is 18.5 Å². The number of carboxylic acids is 1. The van der Waals surface area contributed by atoms with E-state index in [9.17, 15) is 9.59 Å². The zero-order valence-electron chi connectivity index (χ0n) is 12.3. The highest BCUT2D eigenvalue weighted by Crippen LogP contribution is 2.23. The van der Waals surface area contributed by atoms with E-state index in [1.165, 1.54) is 6.92 Å². The number of hydrogen-bond donors (Lipinski definition) is 3. The first-order valence-electron chi connectivity index (χ1n) is 7.01. The van der Waals surface area contributed by atoms with Crippen LogP contribution in [0.15, 0.2) is 11.6 Å². The zero-order chi connectivity index (χ0) is 15.3. The molecule has 0 saturated carbocycles. The van der Waals surface area contributed by atoms with E-state index in [2.05, 4.69) is 5.32 Å². The van der Waals surface area contributed by atoms with Gasteiger partial charge in [-0.3, -0.25) is 4.79 Å². The third-order valence-electron chi connectivity index (χ3n) is 3.54. The molecule has 0 aliphatic heterocycles.